The highest BCUT2D eigenvalue weighted by atomic mass is 35.5. The number of benzene rings is 2. The first-order valence-corrected chi connectivity index (χ1v) is 10.3. The minimum absolute atomic E-state index is 0.118. The fraction of sp³-hybridized carbons (Fsp3) is 0.278. The van der Waals surface area contributed by atoms with E-state index in [1.54, 1.807) is 0 Å². The Kier molecular flexibility index (Phi) is 6.06. The van der Waals surface area contributed by atoms with Crippen LogP contribution in [-0.2, 0) is 25.7 Å². The maximum atomic E-state index is 13.5. The molecule has 0 aliphatic carbocycles. The second-order valence-corrected chi connectivity index (χ2v) is 8.43. The average molecular weight is 449 g/mol. The molecule has 0 saturated carbocycles. The van der Waals surface area contributed by atoms with E-state index in [2.05, 4.69) is 5.32 Å². The molecule has 156 valence electrons. The molecule has 3 rings (SSSR count). The number of nitrogens with one attached hydrogen (secondary N) is 2. The fourth-order valence-electron chi connectivity index (χ4n) is 2.77. The number of hydrogen-bond donors (Lipinski definition) is 2. The van der Waals surface area contributed by atoms with E-state index < -0.39 is 39.5 Å². The second-order valence-electron chi connectivity index (χ2n) is 6.31. The number of carbonyl (C=O) groups excluding carboxylic acids is 1. The first-order chi connectivity index (χ1) is 13.6. The van der Waals surface area contributed by atoms with Crippen LogP contribution in [0.25, 0.3) is 0 Å². The molecule has 1 atom stereocenters. The van der Waals surface area contributed by atoms with Gasteiger partial charge in [0, 0.05) is 17.3 Å². The van der Waals surface area contributed by atoms with Crippen molar-refractivity contribution in [1.29, 1.82) is 0 Å². The van der Waals surface area contributed by atoms with Crippen LogP contribution in [0.5, 0.6) is 0 Å². The van der Waals surface area contributed by atoms with E-state index in [0.29, 0.717) is 25.5 Å². The minimum Gasteiger partial charge on any atom is -0.368 e. The largest absolute Gasteiger partial charge is 0.418 e. The number of ether oxygens (including phenoxy) is 1. The molecule has 1 amide bonds. The molecule has 1 aliphatic rings. The van der Waals surface area contributed by atoms with Gasteiger partial charge in [0.1, 0.15) is 6.10 Å². The summed E-state index contributed by atoms with van der Waals surface area (Å²) >= 11 is 5.71. The van der Waals surface area contributed by atoms with Gasteiger partial charge in [0.15, 0.2) is 0 Å². The van der Waals surface area contributed by atoms with E-state index in [1.807, 2.05) is 4.72 Å². The summed E-state index contributed by atoms with van der Waals surface area (Å²) in [5.74, 6) is -0.551. The SMILES string of the molecule is O=C(Nc1ccc(NS(=O)(=O)c2ccc(Cl)cc2)c(C(F)(F)F)c1)C1CCCO1. The lowest BCUT2D eigenvalue weighted by atomic mass is 10.1. The van der Waals surface area contributed by atoms with Gasteiger partial charge in [0.25, 0.3) is 15.9 Å². The topological polar surface area (TPSA) is 84.5 Å². The maximum absolute atomic E-state index is 13.5. The van der Waals surface area contributed by atoms with Crippen LogP contribution < -0.4 is 10.0 Å². The first kappa shape index (κ1) is 21.4. The molecule has 1 heterocycles. The lowest BCUT2D eigenvalue weighted by Gasteiger charge is -2.17. The number of amides is 1. The Morgan fingerprint density at radius 2 is 1.83 bits per heavy atom. The van der Waals surface area contributed by atoms with Gasteiger partial charge in [-0.1, -0.05) is 11.6 Å². The normalized spacial score (nSPS) is 17.2. The van der Waals surface area contributed by atoms with Crippen molar-refractivity contribution in [2.45, 2.75) is 30.0 Å². The monoisotopic (exact) mass is 448 g/mol. The summed E-state index contributed by atoms with van der Waals surface area (Å²) in [6.45, 7) is 0.414. The summed E-state index contributed by atoms with van der Waals surface area (Å²) in [5, 5.41) is 2.65. The molecular formula is C18H16ClF3N2O4S. The van der Waals surface area contributed by atoms with Gasteiger partial charge in [-0.25, -0.2) is 8.42 Å². The van der Waals surface area contributed by atoms with E-state index in [9.17, 15) is 26.4 Å². The molecule has 2 N–H and O–H groups in total. The van der Waals surface area contributed by atoms with Gasteiger partial charge < -0.3 is 10.1 Å². The predicted octanol–water partition coefficient (Wildman–Crippen LogP) is 4.28. The van der Waals surface area contributed by atoms with Crippen molar-refractivity contribution >= 4 is 38.9 Å². The highest BCUT2D eigenvalue weighted by molar-refractivity contribution is 7.92. The van der Waals surface area contributed by atoms with Crippen LogP contribution in [0.2, 0.25) is 5.02 Å². The molecule has 11 heteroatoms. The van der Waals surface area contributed by atoms with E-state index >= 15 is 0 Å². The number of rotatable bonds is 5. The Balaban J connectivity index is 1.88. The van der Waals surface area contributed by atoms with Crippen LogP contribution in [-0.4, -0.2) is 27.0 Å². The zero-order valence-electron chi connectivity index (χ0n) is 14.8. The molecule has 1 saturated heterocycles. The Labute approximate surface area is 170 Å². The molecule has 1 aliphatic heterocycles. The molecule has 29 heavy (non-hydrogen) atoms. The van der Waals surface area contributed by atoms with Crippen LogP contribution in [0.4, 0.5) is 24.5 Å². The summed E-state index contributed by atoms with van der Waals surface area (Å²) in [7, 11) is -4.28. The van der Waals surface area contributed by atoms with Crippen molar-refractivity contribution in [1.82, 2.24) is 0 Å². The number of halogens is 4. The van der Waals surface area contributed by atoms with Crippen molar-refractivity contribution in [2.24, 2.45) is 0 Å². The molecule has 2 aromatic carbocycles. The third-order valence-corrected chi connectivity index (χ3v) is 5.82. The molecule has 2 aromatic rings. The van der Waals surface area contributed by atoms with Crippen molar-refractivity contribution in [3.63, 3.8) is 0 Å². The highest BCUT2D eigenvalue weighted by Gasteiger charge is 2.35. The molecule has 0 aromatic heterocycles. The second kappa shape index (κ2) is 8.21. The Bertz CT molecular complexity index is 1000. The number of alkyl halides is 3. The van der Waals surface area contributed by atoms with Gasteiger partial charge in [0.05, 0.1) is 16.1 Å². The van der Waals surface area contributed by atoms with Crippen LogP contribution in [0.15, 0.2) is 47.4 Å². The predicted molar refractivity (Wildman–Crippen MR) is 101 cm³/mol. The van der Waals surface area contributed by atoms with Gasteiger partial charge >= 0.3 is 6.18 Å². The summed E-state index contributed by atoms with van der Waals surface area (Å²) in [4.78, 5) is 11.8. The summed E-state index contributed by atoms with van der Waals surface area (Å²) < 4.78 is 72.5. The first-order valence-electron chi connectivity index (χ1n) is 8.48. The van der Waals surface area contributed by atoms with Crippen LogP contribution in [0, 0.1) is 0 Å². The van der Waals surface area contributed by atoms with E-state index in [1.165, 1.54) is 30.3 Å². The fourth-order valence-corrected chi connectivity index (χ4v) is 3.98. The Hall–Kier alpha value is -2.30. The van der Waals surface area contributed by atoms with Crippen molar-refractivity contribution in [3.8, 4) is 0 Å². The molecule has 0 spiro atoms. The van der Waals surface area contributed by atoms with Crippen LogP contribution >= 0.6 is 11.6 Å². The van der Waals surface area contributed by atoms with E-state index in [-0.39, 0.29) is 15.6 Å². The van der Waals surface area contributed by atoms with Crippen molar-refractivity contribution < 1.29 is 31.1 Å². The third kappa shape index (κ3) is 5.20. The van der Waals surface area contributed by atoms with Gasteiger partial charge in [-0.2, -0.15) is 13.2 Å². The summed E-state index contributed by atoms with van der Waals surface area (Å²) in [6, 6.07) is 7.77. The van der Waals surface area contributed by atoms with Crippen LogP contribution in [0.1, 0.15) is 18.4 Å². The third-order valence-electron chi connectivity index (χ3n) is 4.18. The lowest BCUT2D eigenvalue weighted by Crippen LogP contribution is -2.27. The van der Waals surface area contributed by atoms with Crippen LogP contribution in [0.3, 0.4) is 0 Å². The molecule has 0 radical (unpaired) electrons. The smallest absolute Gasteiger partial charge is 0.368 e. The number of sulfonamides is 1. The van der Waals surface area contributed by atoms with Gasteiger partial charge in [-0.05, 0) is 55.3 Å². The molecular weight excluding hydrogens is 433 g/mol. The van der Waals surface area contributed by atoms with Gasteiger partial charge in [0.2, 0.25) is 0 Å². The molecule has 0 bridgehead atoms. The Morgan fingerprint density at radius 3 is 2.41 bits per heavy atom. The summed E-state index contributed by atoms with van der Waals surface area (Å²) in [5.41, 5.74) is -2.02. The number of hydrogen-bond acceptors (Lipinski definition) is 4. The lowest BCUT2D eigenvalue weighted by molar-refractivity contribution is -0.137. The van der Waals surface area contributed by atoms with Crippen molar-refractivity contribution in [3.05, 3.63) is 53.1 Å². The zero-order valence-corrected chi connectivity index (χ0v) is 16.4. The Morgan fingerprint density at radius 1 is 1.14 bits per heavy atom. The standard InChI is InChI=1S/C18H16ClF3N2O4S/c19-11-3-6-13(7-4-11)29(26,27)24-15-8-5-12(10-14(15)18(20,21)22)23-17(25)16-2-1-9-28-16/h3-8,10,16,24H,1-2,9H2,(H,23,25). The maximum Gasteiger partial charge on any atom is 0.418 e. The van der Waals surface area contributed by atoms with Crippen molar-refractivity contribution in [2.75, 3.05) is 16.6 Å². The number of anilines is 2. The molecule has 1 unspecified atom stereocenters. The van der Waals surface area contributed by atoms with E-state index in [4.69, 9.17) is 16.3 Å². The van der Waals surface area contributed by atoms with Gasteiger partial charge in [-0.3, -0.25) is 9.52 Å². The molecule has 6 nitrogen and oxygen atoms in total. The van der Waals surface area contributed by atoms with Gasteiger partial charge in [-0.15, -0.1) is 0 Å². The summed E-state index contributed by atoms with van der Waals surface area (Å²) in [6.07, 6.45) is -4.40. The zero-order chi connectivity index (χ0) is 21.2. The van der Waals surface area contributed by atoms with E-state index in [0.717, 1.165) is 6.07 Å². The quantitative estimate of drug-likeness (QED) is 0.715. The minimum atomic E-state index is -4.86. The number of carbonyl (C=O) groups is 1. The molecule has 1 fully saturated rings. The highest BCUT2D eigenvalue weighted by Crippen LogP contribution is 2.37. The average Bonchev–Trinajstić information content (AvgIpc) is 3.17.